The van der Waals surface area contributed by atoms with Crippen LogP contribution < -0.4 is 5.32 Å². The van der Waals surface area contributed by atoms with Gasteiger partial charge in [0.15, 0.2) is 0 Å². The highest BCUT2D eigenvalue weighted by Gasteiger charge is 2.18. The third-order valence-electron chi connectivity index (χ3n) is 3.76. The van der Waals surface area contributed by atoms with Crippen molar-refractivity contribution in [3.05, 3.63) is 64.4 Å². The number of phenolic OH excluding ortho intramolecular Hbond substituents is 1. The van der Waals surface area contributed by atoms with E-state index in [1.165, 1.54) is 37.4 Å². The molecule has 0 spiro atoms. The molecule has 3 aromatic rings. The average molecular weight is 386 g/mol. The molecule has 138 valence electrons. The molecule has 1 aromatic heterocycles. The van der Waals surface area contributed by atoms with E-state index in [1.807, 2.05) is 0 Å². The summed E-state index contributed by atoms with van der Waals surface area (Å²) in [7, 11) is 1.24. The van der Waals surface area contributed by atoms with Gasteiger partial charge in [0, 0.05) is 5.56 Å². The highest BCUT2D eigenvalue weighted by atomic mass is 32.1. The number of rotatable bonds is 4. The Morgan fingerprint density at radius 2 is 1.89 bits per heavy atom. The fraction of sp³-hybridized carbons (Fsp3) is 0.105. The summed E-state index contributed by atoms with van der Waals surface area (Å²) in [6.07, 6.45) is 0. The largest absolute Gasteiger partial charge is 0.506 e. The molecule has 6 nitrogen and oxygen atoms in total. The van der Waals surface area contributed by atoms with Gasteiger partial charge in [-0.2, -0.15) is 0 Å². The minimum absolute atomic E-state index is 0.156. The molecule has 0 aliphatic heterocycles. The van der Waals surface area contributed by atoms with Crippen molar-refractivity contribution in [2.75, 3.05) is 12.4 Å². The van der Waals surface area contributed by atoms with Crippen LogP contribution in [0.15, 0.2) is 42.5 Å². The van der Waals surface area contributed by atoms with E-state index in [-0.39, 0.29) is 22.8 Å². The second-order valence-corrected chi connectivity index (χ2v) is 6.62. The number of ether oxygens (including phenoxy) is 1. The Labute approximate surface area is 158 Å². The van der Waals surface area contributed by atoms with E-state index in [0.29, 0.717) is 21.1 Å². The highest BCUT2D eigenvalue weighted by Crippen LogP contribution is 2.30. The molecule has 8 heteroatoms. The second-order valence-electron chi connectivity index (χ2n) is 5.62. The van der Waals surface area contributed by atoms with Gasteiger partial charge in [0.1, 0.15) is 21.5 Å². The molecule has 0 saturated carbocycles. The molecule has 0 bridgehead atoms. The predicted molar refractivity (Wildman–Crippen MR) is 99.6 cm³/mol. The summed E-state index contributed by atoms with van der Waals surface area (Å²) in [4.78, 5) is 28.8. The van der Waals surface area contributed by atoms with Crippen molar-refractivity contribution in [3.8, 4) is 16.3 Å². The van der Waals surface area contributed by atoms with Crippen LogP contribution in [0.4, 0.5) is 10.1 Å². The van der Waals surface area contributed by atoms with Gasteiger partial charge in [-0.3, -0.25) is 4.79 Å². The van der Waals surface area contributed by atoms with Crippen LogP contribution in [0.25, 0.3) is 10.6 Å². The number of phenols is 1. The molecule has 0 radical (unpaired) electrons. The normalized spacial score (nSPS) is 10.5. The Bertz CT molecular complexity index is 1020. The van der Waals surface area contributed by atoms with Gasteiger partial charge in [-0.25, -0.2) is 14.2 Å². The third kappa shape index (κ3) is 3.95. The third-order valence-corrected chi connectivity index (χ3v) is 4.97. The number of benzene rings is 2. The van der Waals surface area contributed by atoms with Crippen molar-refractivity contribution in [2.45, 2.75) is 6.92 Å². The van der Waals surface area contributed by atoms with Crippen molar-refractivity contribution in [2.24, 2.45) is 0 Å². The minimum Gasteiger partial charge on any atom is -0.506 e. The number of aromatic hydroxyl groups is 1. The zero-order valence-corrected chi connectivity index (χ0v) is 15.3. The first-order chi connectivity index (χ1) is 12.9. The number of halogens is 1. The lowest BCUT2D eigenvalue weighted by molar-refractivity contribution is 0.0600. The molecule has 1 heterocycles. The van der Waals surface area contributed by atoms with Gasteiger partial charge in [0.2, 0.25) is 0 Å². The lowest BCUT2D eigenvalue weighted by atomic mass is 10.2. The maximum absolute atomic E-state index is 13.1. The highest BCUT2D eigenvalue weighted by molar-refractivity contribution is 7.17. The number of nitrogens with one attached hydrogen (secondary N) is 1. The summed E-state index contributed by atoms with van der Waals surface area (Å²) in [5, 5.41) is 13.2. The summed E-state index contributed by atoms with van der Waals surface area (Å²) in [6, 6.07) is 9.89. The number of esters is 1. The lowest BCUT2D eigenvalue weighted by Crippen LogP contribution is -2.12. The molecule has 0 fully saturated rings. The number of hydrogen-bond donors (Lipinski definition) is 2. The van der Waals surface area contributed by atoms with Crippen molar-refractivity contribution >= 4 is 28.9 Å². The van der Waals surface area contributed by atoms with E-state index in [4.69, 9.17) is 0 Å². The Kier molecular flexibility index (Phi) is 5.18. The smallest absolute Gasteiger partial charge is 0.337 e. The van der Waals surface area contributed by atoms with Gasteiger partial charge in [-0.05, 0) is 49.4 Å². The van der Waals surface area contributed by atoms with E-state index >= 15 is 0 Å². The summed E-state index contributed by atoms with van der Waals surface area (Å²) in [5.74, 6) is -1.65. The lowest BCUT2D eigenvalue weighted by Gasteiger charge is -2.08. The van der Waals surface area contributed by atoms with Crippen molar-refractivity contribution in [1.29, 1.82) is 0 Å². The molecular formula is C19H15FN2O4S. The van der Waals surface area contributed by atoms with Gasteiger partial charge in [0.05, 0.1) is 24.1 Å². The summed E-state index contributed by atoms with van der Waals surface area (Å²) < 4.78 is 17.6. The number of aromatic nitrogens is 1. The first-order valence-corrected chi connectivity index (χ1v) is 8.66. The molecule has 0 aliphatic rings. The maximum atomic E-state index is 13.1. The number of carbonyl (C=O) groups excluding carboxylic acids is 2. The van der Waals surface area contributed by atoms with Crippen LogP contribution in [-0.2, 0) is 4.74 Å². The fourth-order valence-corrected chi connectivity index (χ4v) is 3.35. The van der Waals surface area contributed by atoms with E-state index in [2.05, 4.69) is 15.0 Å². The zero-order valence-electron chi connectivity index (χ0n) is 14.4. The van der Waals surface area contributed by atoms with Crippen LogP contribution in [0.5, 0.6) is 5.75 Å². The quantitative estimate of drug-likeness (QED) is 0.523. The van der Waals surface area contributed by atoms with Crippen molar-refractivity contribution in [3.63, 3.8) is 0 Å². The van der Waals surface area contributed by atoms with Crippen molar-refractivity contribution in [1.82, 2.24) is 4.98 Å². The number of aryl methyl sites for hydroxylation is 1. The second kappa shape index (κ2) is 7.55. The van der Waals surface area contributed by atoms with E-state index in [9.17, 15) is 19.1 Å². The molecule has 2 aromatic carbocycles. The van der Waals surface area contributed by atoms with Crippen LogP contribution in [0.3, 0.4) is 0 Å². The molecule has 0 aliphatic carbocycles. The topological polar surface area (TPSA) is 88.5 Å². The molecule has 1 amide bonds. The summed E-state index contributed by atoms with van der Waals surface area (Å²) >= 11 is 1.16. The Hall–Kier alpha value is -3.26. The van der Waals surface area contributed by atoms with Gasteiger partial charge in [0.25, 0.3) is 5.91 Å². The van der Waals surface area contributed by atoms with Crippen LogP contribution >= 0.6 is 11.3 Å². The number of carbonyl (C=O) groups is 2. The van der Waals surface area contributed by atoms with E-state index in [1.54, 1.807) is 19.1 Å². The Morgan fingerprint density at radius 3 is 2.52 bits per heavy atom. The fourth-order valence-electron chi connectivity index (χ4n) is 2.38. The van der Waals surface area contributed by atoms with Gasteiger partial charge < -0.3 is 15.2 Å². The van der Waals surface area contributed by atoms with Gasteiger partial charge in [-0.15, -0.1) is 11.3 Å². The standard InChI is InChI=1S/C19H15FN2O4S/c1-10-16(27-18(21-10)11-3-6-13(20)7-4-11)17(24)22-14-8-5-12(9-15(14)23)19(25)26-2/h3-9,23H,1-2H3,(H,22,24). The summed E-state index contributed by atoms with van der Waals surface area (Å²) in [6.45, 7) is 1.69. The van der Waals surface area contributed by atoms with Crippen LogP contribution in [0, 0.1) is 12.7 Å². The van der Waals surface area contributed by atoms with Gasteiger partial charge >= 0.3 is 5.97 Å². The number of nitrogens with zero attached hydrogens (tertiary/aromatic N) is 1. The van der Waals surface area contributed by atoms with E-state index < -0.39 is 11.9 Å². The first kappa shape index (κ1) is 18.5. The molecular weight excluding hydrogens is 371 g/mol. The Morgan fingerprint density at radius 1 is 1.19 bits per heavy atom. The molecule has 0 atom stereocenters. The first-order valence-electron chi connectivity index (χ1n) is 7.85. The van der Waals surface area contributed by atoms with Gasteiger partial charge in [-0.1, -0.05) is 0 Å². The Balaban J connectivity index is 1.82. The van der Waals surface area contributed by atoms with E-state index in [0.717, 1.165) is 11.3 Å². The van der Waals surface area contributed by atoms with Crippen LogP contribution in [0.1, 0.15) is 25.7 Å². The number of methoxy groups -OCH3 is 1. The number of hydrogen-bond acceptors (Lipinski definition) is 6. The molecule has 3 rings (SSSR count). The zero-order chi connectivity index (χ0) is 19.6. The van der Waals surface area contributed by atoms with Crippen LogP contribution in [-0.4, -0.2) is 29.1 Å². The molecule has 2 N–H and O–H groups in total. The van der Waals surface area contributed by atoms with Crippen LogP contribution in [0.2, 0.25) is 0 Å². The predicted octanol–water partition coefficient (Wildman–Crippen LogP) is 4.00. The minimum atomic E-state index is -0.592. The van der Waals surface area contributed by atoms with Crippen molar-refractivity contribution < 1.29 is 23.8 Å². The maximum Gasteiger partial charge on any atom is 0.337 e. The number of anilines is 1. The SMILES string of the molecule is COC(=O)c1ccc(NC(=O)c2sc(-c3ccc(F)cc3)nc2C)c(O)c1. The number of thiazole rings is 1. The molecule has 27 heavy (non-hydrogen) atoms. The summed E-state index contributed by atoms with van der Waals surface area (Å²) in [5.41, 5.74) is 1.54. The molecule has 0 unspecified atom stereocenters. The number of amides is 1. The average Bonchev–Trinajstić information content (AvgIpc) is 3.05. The molecule has 0 saturated heterocycles. The monoisotopic (exact) mass is 386 g/mol.